The third kappa shape index (κ3) is 4.75. The van der Waals surface area contributed by atoms with Crippen LogP contribution in [0.25, 0.3) is 22.2 Å². The molecular weight excluding hydrogens is 556 g/mol. The van der Waals surface area contributed by atoms with Crippen LogP contribution in [0.15, 0.2) is 113 Å². The molecule has 2 heterocycles. The first-order valence-corrected chi connectivity index (χ1v) is 14.8. The number of hydrogen-bond donors (Lipinski definition) is 1. The van der Waals surface area contributed by atoms with Gasteiger partial charge in [-0.3, -0.25) is 4.79 Å². The molecule has 0 bridgehead atoms. The van der Waals surface area contributed by atoms with Gasteiger partial charge in [0.1, 0.15) is 16.2 Å². The summed E-state index contributed by atoms with van der Waals surface area (Å²) in [5.74, 6) is -0.484. The van der Waals surface area contributed by atoms with Gasteiger partial charge in [-0.05, 0) is 55.8 Å². The topological polar surface area (TPSA) is 94.0 Å². The number of sulfone groups is 1. The number of hydrogen-bond acceptors (Lipinski definition) is 5. The van der Waals surface area contributed by atoms with E-state index in [1.165, 1.54) is 0 Å². The highest BCUT2D eigenvalue weighted by Crippen LogP contribution is 2.40. The number of aromatic nitrogens is 3. The number of carbonyl (C=O) groups is 1. The van der Waals surface area contributed by atoms with Gasteiger partial charge in [0.15, 0.2) is 5.65 Å². The summed E-state index contributed by atoms with van der Waals surface area (Å²) in [6, 6.07) is 29.7. The summed E-state index contributed by atoms with van der Waals surface area (Å²) in [7, 11) is -4.19. The Balaban J connectivity index is 1.71. The van der Waals surface area contributed by atoms with E-state index in [2.05, 4.69) is 5.32 Å². The van der Waals surface area contributed by atoms with Crippen molar-refractivity contribution in [3.05, 3.63) is 125 Å². The van der Waals surface area contributed by atoms with Crippen LogP contribution in [0, 0.1) is 6.92 Å². The number of amides is 1. The van der Waals surface area contributed by atoms with Crippen LogP contribution in [0.3, 0.4) is 0 Å². The van der Waals surface area contributed by atoms with Gasteiger partial charge in [-0.15, -0.1) is 0 Å². The molecule has 0 spiro atoms. The van der Waals surface area contributed by atoms with Gasteiger partial charge in [0.25, 0.3) is 5.91 Å². The molecule has 2 aromatic heterocycles. The lowest BCUT2D eigenvalue weighted by Gasteiger charge is -2.20. The van der Waals surface area contributed by atoms with Gasteiger partial charge >= 0.3 is 0 Å². The van der Waals surface area contributed by atoms with E-state index in [4.69, 9.17) is 21.6 Å². The lowest BCUT2D eigenvalue weighted by atomic mass is 10.1. The molecule has 7 nitrogen and oxygen atoms in total. The van der Waals surface area contributed by atoms with E-state index in [1.54, 1.807) is 59.2 Å². The van der Waals surface area contributed by atoms with Crippen LogP contribution >= 0.6 is 11.6 Å². The Morgan fingerprint density at radius 1 is 0.829 bits per heavy atom. The Bertz CT molecular complexity index is 2040. The molecule has 4 aromatic carbocycles. The first-order valence-electron chi connectivity index (χ1n) is 13.0. The second kappa shape index (κ2) is 10.5. The fraction of sp³-hybridized carbons (Fsp3) is 0.0938. The predicted molar refractivity (Wildman–Crippen MR) is 161 cm³/mol. The van der Waals surface area contributed by atoms with Crippen molar-refractivity contribution >= 4 is 55.4 Å². The van der Waals surface area contributed by atoms with Crippen LogP contribution in [-0.4, -0.2) is 28.9 Å². The molecule has 6 aromatic rings. The molecule has 0 fully saturated rings. The van der Waals surface area contributed by atoms with Crippen molar-refractivity contribution in [2.45, 2.75) is 29.7 Å². The van der Waals surface area contributed by atoms with Gasteiger partial charge in [0.2, 0.25) is 9.84 Å². The maximum atomic E-state index is 14.4. The summed E-state index contributed by atoms with van der Waals surface area (Å²) in [5.41, 5.74) is 3.66. The van der Waals surface area contributed by atoms with Crippen LogP contribution in [0.4, 0.5) is 5.82 Å². The minimum absolute atomic E-state index is 0.0668. The number of fused-ring (bicyclic) bond motifs is 2. The van der Waals surface area contributed by atoms with Crippen molar-refractivity contribution in [3.63, 3.8) is 0 Å². The van der Waals surface area contributed by atoms with Crippen molar-refractivity contribution in [1.82, 2.24) is 14.5 Å². The van der Waals surface area contributed by atoms with Crippen molar-refractivity contribution < 1.29 is 13.2 Å². The number of carbonyl (C=O) groups excluding carboxylic acids is 1. The number of para-hydroxylation sites is 2. The lowest BCUT2D eigenvalue weighted by Crippen LogP contribution is -2.20. The van der Waals surface area contributed by atoms with Crippen molar-refractivity contribution in [3.8, 4) is 0 Å². The SMILES string of the molecule is Cc1ccc(S(=O)(=O)c2c(NC(=O)c3ccccc3Cl)n([C@@H](C)c3ccccc3)c3nc4ccccc4nc23)cc1. The quantitative estimate of drug-likeness (QED) is 0.224. The third-order valence-corrected chi connectivity index (χ3v) is 9.22. The molecule has 0 radical (unpaired) electrons. The van der Waals surface area contributed by atoms with Gasteiger partial charge in [-0.25, -0.2) is 18.4 Å². The maximum absolute atomic E-state index is 14.4. The molecule has 0 aliphatic heterocycles. The molecule has 0 saturated carbocycles. The molecule has 1 N–H and O–H groups in total. The fourth-order valence-corrected chi connectivity index (χ4v) is 6.67. The summed E-state index contributed by atoms with van der Waals surface area (Å²) in [6.07, 6.45) is 0. The smallest absolute Gasteiger partial charge is 0.258 e. The third-order valence-electron chi connectivity index (χ3n) is 7.07. The molecule has 6 rings (SSSR count). The highest BCUT2D eigenvalue weighted by molar-refractivity contribution is 7.92. The number of halogens is 1. The van der Waals surface area contributed by atoms with Crippen LogP contribution in [-0.2, 0) is 9.84 Å². The summed E-state index contributed by atoms with van der Waals surface area (Å²) in [4.78, 5) is 23.3. The number of anilines is 1. The zero-order chi connectivity index (χ0) is 28.7. The van der Waals surface area contributed by atoms with E-state index in [0.717, 1.165) is 11.1 Å². The van der Waals surface area contributed by atoms with E-state index < -0.39 is 21.8 Å². The van der Waals surface area contributed by atoms with Crippen LogP contribution in [0.2, 0.25) is 5.02 Å². The van der Waals surface area contributed by atoms with Gasteiger partial charge in [0.05, 0.1) is 32.6 Å². The molecule has 41 heavy (non-hydrogen) atoms. The van der Waals surface area contributed by atoms with Gasteiger partial charge in [-0.1, -0.05) is 83.9 Å². The molecule has 0 unspecified atom stereocenters. The lowest BCUT2D eigenvalue weighted by molar-refractivity contribution is 0.102. The molecule has 0 aliphatic rings. The van der Waals surface area contributed by atoms with Gasteiger partial charge in [0, 0.05) is 0 Å². The predicted octanol–water partition coefficient (Wildman–Crippen LogP) is 7.24. The molecule has 9 heteroatoms. The second-order valence-electron chi connectivity index (χ2n) is 9.77. The van der Waals surface area contributed by atoms with Crippen molar-refractivity contribution in [2.24, 2.45) is 0 Å². The molecule has 0 saturated heterocycles. The average Bonchev–Trinajstić information content (AvgIpc) is 3.29. The summed E-state index contributed by atoms with van der Waals surface area (Å²) in [5, 5.41) is 3.14. The first kappa shape index (κ1) is 26.7. The fourth-order valence-electron chi connectivity index (χ4n) is 4.92. The standard InChI is InChI=1S/C32H25ClN4O3S/c1-20-16-18-23(19-17-20)41(39,40)29-28-30(35-27-15-9-8-14-26(27)34-28)37(21(2)22-10-4-3-5-11-22)31(29)36-32(38)24-12-6-7-13-25(24)33/h3-19,21H,1-2H3,(H,36,38)/t21-/m0/s1. The molecule has 1 atom stereocenters. The minimum Gasteiger partial charge on any atom is -0.307 e. The van der Waals surface area contributed by atoms with Crippen molar-refractivity contribution in [2.75, 3.05) is 5.32 Å². The van der Waals surface area contributed by atoms with E-state index in [1.807, 2.05) is 62.4 Å². The van der Waals surface area contributed by atoms with Gasteiger partial charge < -0.3 is 9.88 Å². The number of aryl methyl sites for hydroxylation is 1. The molecule has 1 amide bonds. The number of nitrogens with one attached hydrogen (secondary N) is 1. The van der Waals surface area contributed by atoms with E-state index in [-0.39, 0.29) is 31.7 Å². The Labute approximate surface area is 242 Å². The first-order chi connectivity index (χ1) is 19.8. The summed E-state index contributed by atoms with van der Waals surface area (Å²) < 4.78 is 30.6. The average molecular weight is 581 g/mol. The van der Waals surface area contributed by atoms with E-state index >= 15 is 0 Å². The Morgan fingerprint density at radius 2 is 1.44 bits per heavy atom. The zero-order valence-corrected chi connectivity index (χ0v) is 23.8. The Hall–Kier alpha value is -4.53. The molecule has 204 valence electrons. The highest BCUT2D eigenvalue weighted by Gasteiger charge is 2.34. The van der Waals surface area contributed by atoms with Crippen molar-refractivity contribution in [1.29, 1.82) is 0 Å². The van der Waals surface area contributed by atoms with Crippen LogP contribution in [0.5, 0.6) is 0 Å². The molecular formula is C32H25ClN4O3S. The minimum atomic E-state index is -4.19. The Morgan fingerprint density at radius 3 is 2.12 bits per heavy atom. The zero-order valence-electron chi connectivity index (χ0n) is 22.2. The highest BCUT2D eigenvalue weighted by atomic mass is 35.5. The normalized spacial score (nSPS) is 12.5. The Kier molecular flexibility index (Phi) is 6.81. The maximum Gasteiger partial charge on any atom is 0.258 e. The van der Waals surface area contributed by atoms with E-state index in [9.17, 15) is 13.2 Å². The van der Waals surface area contributed by atoms with E-state index in [0.29, 0.717) is 16.7 Å². The second-order valence-corrected chi connectivity index (χ2v) is 12.1. The molecule has 0 aliphatic carbocycles. The number of benzene rings is 4. The number of nitrogens with zero attached hydrogens (tertiary/aromatic N) is 3. The largest absolute Gasteiger partial charge is 0.307 e. The van der Waals surface area contributed by atoms with Gasteiger partial charge in [-0.2, -0.15) is 0 Å². The number of rotatable bonds is 6. The summed E-state index contributed by atoms with van der Waals surface area (Å²) in [6.45, 7) is 3.82. The van der Waals surface area contributed by atoms with Crippen LogP contribution in [0.1, 0.15) is 34.5 Å². The van der Waals surface area contributed by atoms with Crippen LogP contribution < -0.4 is 5.32 Å². The summed E-state index contributed by atoms with van der Waals surface area (Å²) >= 11 is 6.36. The monoisotopic (exact) mass is 580 g/mol.